The van der Waals surface area contributed by atoms with Crippen molar-refractivity contribution in [2.24, 2.45) is 0 Å². The highest BCUT2D eigenvalue weighted by molar-refractivity contribution is 7.89. The van der Waals surface area contributed by atoms with Crippen molar-refractivity contribution in [3.8, 4) is 5.75 Å². The number of hydrogen-bond donors (Lipinski definition) is 0. The maximum absolute atomic E-state index is 12.8. The first-order valence-electron chi connectivity index (χ1n) is 6.91. The third-order valence-corrected chi connectivity index (χ3v) is 5.60. The van der Waals surface area contributed by atoms with E-state index in [0.29, 0.717) is 5.75 Å². The van der Waals surface area contributed by atoms with E-state index in [9.17, 15) is 12.8 Å². The zero-order valence-electron chi connectivity index (χ0n) is 12.8. The van der Waals surface area contributed by atoms with Crippen LogP contribution < -0.4 is 4.74 Å². The summed E-state index contributed by atoms with van der Waals surface area (Å²) in [5, 5.41) is 0.191. The van der Waals surface area contributed by atoms with Crippen molar-refractivity contribution >= 4 is 21.6 Å². The molecule has 0 saturated carbocycles. The van der Waals surface area contributed by atoms with Gasteiger partial charge in [-0.3, -0.25) is 0 Å². The minimum Gasteiger partial charge on any atom is -0.492 e. The number of sulfonamides is 1. The summed E-state index contributed by atoms with van der Waals surface area (Å²) in [6.45, 7) is 2.12. The molecule has 0 bridgehead atoms. The molecular formula is C16H17ClFNO3S. The van der Waals surface area contributed by atoms with Gasteiger partial charge in [-0.25, -0.2) is 12.8 Å². The molecule has 0 spiro atoms. The number of nitrogens with zero attached hydrogens (tertiary/aromatic N) is 1. The van der Waals surface area contributed by atoms with Crippen molar-refractivity contribution in [3.05, 3.63) is 58.9 Å². The maximum Gasteiger partial charge on any atom is 0.244 e. The molecular weight excluding hydrogens is 341 g/mol. The fourth-order valence-electron chi connectivity index (χ4n) is 1.93. The minimum absolute atomic E-state index is 0.0639. The summed E-state index contributed by atoms with van der Waals surface area (Å²) in [6, 6.07) is 10.3. The number of halogens is 2. The average Bonchev–Trinajstić information content (AvgIpc) is 2.48. The van der Waals surface area contributed by atoms with Crippen LogP contribution in [0.15, 0.2) is 47.4 Å². The Balaban J connectivity index is 2.01. The second-order valence-electron chi connectivity index (χ2n) is 5.06. The first-order valence-corrected chi connectivity index (χ1v) is 8.73. The first-order chi connectivity index (χ1) is 10.8. The summed E-state index contributed by atoms with van der Waals surface area (Å²) in [6.07, 6.45) is 0. The van der Waals surface area contributed by atoms with Gasteiger partial charge in [0.25, 0.3) is 0 Å². The molecule has 0 aliphatic carbocycles. The fraction of sp³-hybridized carbons (Fsp3) is 0.250. The van der Waals surface area contributed by atoms with E-state index in [-0.39, 0.29) is 28.9 Å². The second-order valence-corrected chi connectivity index (χ2v) is 7.48. The molecule has 0 saturated heterocycles. The number of rotatable bonds is 6. The molecule has 0 N–H and O–H groups in total. The van der Waals surface area contributed by atoms with Crippen LogP contribution in [0.4, 0.5) is 4.39 Å². The fourth-order valence-corrected chi connectivity index (χ4v) is 3.65. The van der Waals surface area contributed by atoms with Gasteiger partial charge >= 0.3 is 0 Å². The van der Waals surface area contributed by atoms with Crippen molar-refractivity contribution in [1.82, 2.24) is 4.31 Å². The Kier molecular flexibility index (Phi) is 5.62. The highest BCUT2D eigenvalue weighted by Gasteiger charge is 2.23. The molecule has 7 heteroatoms. The van der Waals surface area contributed by atoms with Crippen LogP contribution in [0.5, 0.6) is 5.75 Å². The number of aryl methyl sites for hydroxylation is 1. The third kappa shape index (κ3) is 4.43. The lowest BCUT2D eigenvalue weighted by Crippen LogP contribution is -2.31. The Morgan fingerprint density at radius 2 is 1.83 bits per heavy atom. The molecule has 0 amide bonds. The van der Waals surface area contributed by atoms with Crippen LogP contribution in [0, 0.1) is 12.7 Å². The van der Waals surface area contributed by atoms with Gasteiger partial charge in [-0.2, -0.15) is 4.31 Å². The van der Waals surface area contributed by atoms with Gasteiger partial charge in [-0.05, 0) is 48.9 Å². The summed E-state index contributed by atoms with van der Waals surface area (Å²) < 4.78 is 44.3. The molecule has 0 fully saturated rings. The van der Waals surface area contributed by atoms with Crippen molar-refractivity contribution in [1.29, 1.82) is 0 Å². The van der Waals surface area contributed by atoms with Crippen LogP contribution >= 0.6 is 11.6 Å². The van der Waals surface area contributed by atoms with Crippen LogP contribution in [0.25, 0.3) is 0 Å². The van der Waals surface area contributed by atoms with Gasteiger partial charge in [0.2, 0.25) is 10.0 Å². The smallest absolute Gasteiger partial charge is 0.244 e. The number of benzene rings is 2. The number of ether oxygens (including phenoxy) is 1. The normalized spacial score (nSPS) is 11.7. The van der Waals surface area contributed by atoms with Crippen molar-refractivity contribution in [3.63, 3.8) is 0 Å². The van der Waals surface area contributed by atoms with Crippen LogP contribution in [0.1, 0.15) is 5.56 Å². The van der Waals surface area contributed by atoms with Gasteiger partial charge < -0.3 is 4.74 Å². The summed E-state index contributed by atoms with van der Waals surface area (Å²) in [5.74, 6) is 0.122. The van der Waals surface area contributed by atoms with Gasteiger partial charge in [0.05, 0.1) is 5.02 Å². The standard InChI is InChI=1S/C16H17ClFNO3S/c1-12-3-8-16(15(17)11-12)23(20,21)19(2)9-10-22-14-6-4-13(18)5-7-14/h3-8,11H,9-10H2,1-2H3. The second kappa shape index (κ2) is 7.29. The Morgan fingerprint density at radius 3 is 2.43 bits per heavy atom. The zero-order chi connectivity index (χ0) is 17.0. The molecule has 0 heterocycles. The van der Waals surface area contributed by atoms with E-state index in [0.717, 1.165) is 5.56 Å². The molecule has 0 aliphatic rings. The topological polar surface area (TPSA) is 46.6 Å². The Bertz CT molecular complexity index is 778. The molecule has 0 atom stereocenters. The van der Waals surface area contributed by atoms with Crippen LogP contribution in [-0.2, 0) is 10.0 Å². The van der Waals surface area contributed by atoms with Crippen molar-refractivity contribution in [2.45, 2.75) is 11.8 Å². The lowest BCUT2D eigenvalue weighted by atomic mass is 10.2. The maximum atomic E-state index is 12.8. The Labute approximate surface area is 140 Å². The molecule has 0 radical (unpaired) electrons. The van der Waals surface area contributed by atoms with Gasteiger partial charge in [0.1, 0.15) is 23.1 Å². The monoisotopic (exact) mass is 357 g/mol. The summed E-state index contributed by atoms with van der Waals surface area (Å²) >= 11 is 6.03. The van der Waals surface area contributed by atoms with E-state index in [2.05, 4.69) is 0 Å². The van der Waals surface area contributed by atoms with Crippen LogP contribution in [0.3, 0.4) is 0 Å². The van der Waals surface area contributed by atoms with E-state index in [4.69, 9.17) is 16.3 Å². The van der Waals surface area contributed by atoms with Crippen molar-refractivity contribution < 1.29 is 17.5 Å². The van der Waals surface area contributed by atoms with Crippen molar-refractivity contribution in [2.75, 3.05) is 20.2 Å². The van der Waals surface area contributed by atoms with Gasteiger partial charge in [-0.15, -0.1) is 0 Å². The molecule has 2 rings (SSSR count). The highest BCUT2D eigenvalue weighted by atomic mass is 35.5. The van der Waals surface area contributed by atoms with Gasteiger partial charge in [0, 0.05) is 13.6 Å². The van der Waals surface area contributed by atoms with E-state index < -0.39 is 10.0 Å². The Morgan fingerprint density at radius 1 is 1.17 bits per heavy atom. The predicted molar refractivity (Wildman–Crippen MR) is 87.9 cm³/mol. The van der Waals surface area contributed by atoms with Gasteiger partial charge in [0.15, 0.2) is 0 Å². The minimum atomic E-state index is -3.69. The Hall–Kier alpha value is -1.63. The van der Waals surface area contributed by atoms with E-state index in [1.54, 1.807) is 12.1 Å². The van der Waals surface area contributed by atoms with Gasteiger partial charge in [-0.1, -0.05) is 17.7 Å². The molecule has 0 aliphatic heterocycles. The zero-order valence-corrected chi connectivity index (χ0v) is 14.4. The molecule has 0 unspecified atom stereocenters. The SMILES string of the molecule is Cc1ccc(S(=O)(=O)N(C)CCOc2ccc(F)cc2)c(Cl)c1. The molecule has 2 aromatic carbocycles. The lowest BCUT2D eigenvalue weighted by Gasteiger charge is -2.18. The quantitative estimate of drug-likeness (QED) is 0.795. The molecule has 23 heavy (non-hydrogen) atoms. The summed E-state index contributed by atoms with van der Waals surface area (Å²) in [5.41, 5.74) is 0.885. The molecule has 2 aromatic rings. The van der Waals surface area contributed by atoms with Crippen LogP contribution in [-0.4, -0.2) is 32.9 Å². The molecule has 124 valence electrons. The average molecular weight is 358 g/mol. The van der Waals surface area contributed by atoms with E-state index >= 15 is 0 Å². The van der Waals surface area contributed by atoms with Crippen LogP contribution in [0.2, 0.25) is 5.02 Å². The molecule has 4 nitrogen and oxygen atoms in total. The predicted octanol–water partition coefficient (Wildman–Crippen LogP) is 3.49. The molecule has 0 aromatic heterocycles. The van der Waals surface area contributed by atoms with E-state index in [1.807, 2.05) is 6.92 Å². The number of hydrogen-bond acceptors (Lipinski definition) is 3. The first kappa shape index (κ1) is 17.7. The summed E-state index contributed by atoms with van der Waals surface area (Å²) in [7, 11) is -2.23. The third-order valence-electron chi connectivity index (χ3n) is 3.26. The van der Waals surface area contributed by atoms with E-state index in [1.165, 1.54) is 41.7 Å². The largest absolute Gasteiger partial charge is 0.492 e. The summed E-state index contributed by atoms with van der Waals surface area (Å²) in [4.78, 5) is 0.0639. The number of likely N-dealkylation sites (N-methyl/N-ethyl adjacent to an activating group) is 1. The lowest BCUT2D eigenvalue weighted by molar-refractivity contribution is 0.286. The highest BCUT2D eigenvalue weighted by Crippen LogP contribution is 2.25.